The van der Waals surface area contributed by atoms with Crippen molar-refractivity contribution in [3.8, 4) is 17.2 Å². The lowest BCUT2D eigenvalue weighted by Gasteiger charge is -2.23. The fourth-order valence-corrected chi connectivity index (χ4v) is 2.97. The Labute approximate surface area is 182 Å². The summed E-state index contributed by atoms with van der Waals surface area (Å²) in [6, 6.07) is 9.13. The lowest BCUT2D eigenvalue weighted by molar-refractivity contribution is 0.0918. The molecule has 0 bridgehead atoms. The van der Waals surface area contributed by atoms with Gasteiger partial charge >= 0.3 is 0 Å². The first-order chi connectivity index (χ1) is 14.9. The third-order valence-corrected chi connectivity index (χ3v) is 4.72. The van der Waals surface area contributed by atoms with Gasteiger partial charge in [0.05, 0.1) is 26.9 Å². The highest BCUT2D eigenvalue weighted by Crippen LogP contribution is 2.38. The number of halogens is 1. The molecule has 0 spiro atoms. The monoisotopic (exact) mass is 434 g/mol. The second-order valence-corrected chi connectivity index (χ2v) is 7.13. The number of hydrogen-bond donors (Lipinski definition) is 2. The van der Waals surface area contributed by atoms with Gasteiger partial charge in [-0.2, -0.15) is 0 Å². The molecule has 0 aromatic heterocycles. The van der Waals surface area contributed by atoms with Crippen LogP contribution < -0.4 is 24.4 Å². The molecular formula is C23H31FN2O5. The van der Waals surface area contributed by atoms with Gasteiger partial charge in [0.1, 0.15) is 5.82 Å². The molecule has 2 aromatic carbocycles. The Morgan fingerprint density at radius 1 is 1.16 bits per heavy atom. The maximum absolute atomic E-state index is 13.1. The molecule has 0 aliphatic heterocycles. The lowest BCUT2D eigenvalue weighted by atomic mass is 10.1. The lowest BCUT2D eigenvalue weighted by Crippen LogP contribution is -2.39. The number of methoxy groups -OCH3 is 2. The smallest absolute Gasteiger partial charge is 0.251 e. The van der Waals surface area contributed by atoms with E-state index in [9.17, 15) is 14.3 Å². The standard InChI is InChI=1S/C23H31FN2O5/c1-5-6-11-31-22-20(29-3)12-16(13-21(22)30-4)23(28)25-14-19(27)15-26(2)18-9-7-17(24)8-10-18/h7-10,12-13,19,27H,5-6,11,14-15H2,1-4H3,(H,25,28)/t19-/m1/s1. The number of nitrogens with zero attached hydrogens (tertiary/aromatic N) is 1. The number of amides is 1. The van der Waals surface area contributed by atoms with Gasteiger partial charge in [0.25, 0.3) is 5.91 Å². The molecule has 0 heterocycles. The Morgan fingerprint density at radius 3 is 2.32 bits per heavy atom. The molecule has 8 heteroatoms. The highest BCUT2D eigenvalue weighted by atomic mass is 19.1. The third kappa shape index (κ3) is 7.03. The minimum atomic E-state index is -0.820. The number of unbranched alkanes of at least 4 members (excludes halogenated alkanes) is 1. The molecule has 0 radical (unpaired) electrons. The molecule has 2 aromatic rings. The van der Waals surface area contributed by atoms with E-state index in [0.29, 0.717) is 29.4 Å². The normalized spacial score (nSPS) is 11.5. The highest BCUT2D eigenvalue weighted by molar-refractivity contribution is 5.95. The zero-order chi connectivity index (χ0) is 22.8. The van der Waals surface area contributed by atoms with Crippen LogP contribution in [0.4, 0.5) is 10.1 Å². The molecule has 0 fully saturated rings. The van der Waals surface area contributed by atoms with Gasteiger partial charge in [0.15, 0.2) is 11.5 Å². The Bertz CT molecular complexity index is 819. The van der Waals surface area contributed by atoms with Crippen molar-refractivity contribution in [2.24, 2.45) is 0 Å². The van der Waals surface area contributed by atoms with Crippen LogP contribution in [0, 0.1) is 5.82 Å². The number of hydrogen-bond acceptors (Lipinski definition) is 6. The fraction of sp³-hybridized carbons (Fsp3) is 0.435. The van der Waals surface area contributed by atoms with E-state index in [1.165, 1.54) is 26.4 Å². The van der Waals surface area contributed by atoms with E-state index in [1.54, 1.807) is 36.2 Å². The molecule has 0 unspecified atom stereocenters. The number of nitrogens with one attached hydrogen (secondary N) is 1. The molecule has 31 heavy (non-hydrogen) atoms. The van der Waals surface area contributed by atoms with E-state index in [4.69, 9.17) is 14.2 Å². The molecule has 0 aliphatic rings. The second-order valence-electron chi connectivity index (χ2n) is 7.13. The van der Waals surface area contributed by atoms with Crippen LogP contribution in [0.25, 0.3) is 0 Å². The van der Waals surface area contributed by atoms with Gasteiger partial charge < -0.3 is 29.5 Å². The Kier molecular flexibility index (Phi) is 9.40. The summed E-state index contributed by atoms with van der Waals surface area (Å²) >= 11 is 0. The minimum absolute atomic E-state index is 0.0454. The summed E-state index contributed by atoms with van der Waals surface area (Å²) in [5.41, 5.74) is 1.09. The van der Waals surface area contributed by atoms with Crippen molar-refractivity contribution in [1.29, 1.82) is 0 Å². The Morgan fingerprint density at radius 2 is 1.77 bits per heavy atom. The van der Waals surface area contributed by atoms with Crippen LogP contribution in [0.5, 0.6) is 17.2 Å². The summed E-state index contributed by atoms with van der Waals surface area (Å²) < 4.78 is 29.6. The number of carbonyl (C=O) groups is 1. The van der Waals surface area contributed by atoms with Crippen molar-refractivity contribution in [3.05, 3.63) is 47.8 Å². The SMILES string of the molecule is CCCCOc1c(OC)cc(C(=O)NC[C@@H](O)CN(C)c2ccc(F)cc2)cc1OC. The van der Waals surface area contributed by atoms with Crippen molar-refractivity contribution >= 4 is 11.6 Å². The maximum atomic E-state index is 13.1. The minimum Gasteiger partial charge on any atom is -0.493 e. The number of anilines is 1. The van der Waals surface area contributed by atoms with Crippen molar-refractivity contribution in [2.75, 3.05) is 45.9 Å². The fourth-order valence-electron chi connectivity index (χ4n) is 2.97. The summed E-state index contributed by atoms with van der Waals surface area (Å²) in [4.78, 5) is 14.4. The van der Waals surface area contributed by atoms with Crippen LogP contribution in [-0.4, -0.2) is 58.1 Å². The number of benzene rings is 2. The van der Waals surface area contributed by atoms with Gasteiger partial charge in [-0.05, 0) is 42.8 Å². The number of carbonyl (C=O) groups excluding carboxylic acids is 1. The average Bonchev–Trinajstić information content (AvgIpc) is 2.77. The summed E-state index contributed by atoms with van der Waals surface area (Å²) in [6.45, 7) is 2.89. The van der Waals surface area contributed by atoms with E-state index in [2.05, 4.69) is 12.2 Å². The van der Waals surface area contributed by atoms with Crippen LogP contribution in [0.15, 0.2) is 36.4 Å². The predicted molar refractivity (Wildman–Crippen MR) is 118 cm³/mol. The number of ether oxygens (including phenoxy) is 3. The summed E-state index contributed by atoms with van der Waals surface area (Å²) in [5, 5.41) is 13.0. The summed E-state index contributed by atoms with van der Waals surface area (Å²) in [6.07, 6.45) is 1.06. The first-order valence-corrected chi connectivity index (χ1v) is 10.2. The zero-order valence-electron chi connectivity index (χ0n) is 18.5. The molecular weight excluding hydrogens is 403 g/mol. The predicted octanol–water partition coefficient (Wildman–Crippen LogP) is 3.25. The third-order valence-electron chi connectivity index (χ3n) is 4.72. The van der Waals surface area contributed by atoms with Crippen LogP contribution in [0.1, 0.15) is 30.1 Å². The van der Waals surface area contributed by atoms with Crippen LogP contribution in [-0.2, 0) is 0 Å². The van der Waals surface area contributed by atoms with Crippen LogP contribution >= 0.6 is 0 Å². The van der Waals surface area contributed by atoms with Crippen molar-refractivity contribution in [3.63, 3.8) is 0 Å². The quantitative estimate of drug-likeness (QED) is 0.499. The molecule has 2 N–H and O–H groups in total. The van der Waals surface area contributed by atoms with E-state index in [-0.39, 0.29) is 24.8 Å². The number of aliphatic hydroxyl groups excluding tert-OH is 1. The number of likely N-dealkylation sites (N-methyl/N-ethyl adjacent to an activating group) is 1. The van der Waals surface area contributed by atoms with Gasteiger partial charge in [-0.25, -0.2) is 4.39 Å². The van der Waals surface area contributed by atoms with Gasteiger partial charge in [0, 0.05) is 31.4 Å². The maximum Gasteiger partial charge on any atom is 0.251 e. The van der Waals surface area contributed by atoms with Gasteiger partial charge in [-0.3, -0.25) is 4.79 Å². The van der Waals surface area contributed by atoms with E-state index >= 15 is 0 Å². The summed E-state index contributed by atoms with van der Waals surface area (Å²) in [7, 11) is 4.78. The van der Waals surface area contributed by atoms with Gasteiger partial charge in [-0.1, -0.05) is 13.3 Å². The van der Waals surface area contributed by atoms with Crippen molar-refractivity contribution in [2.45, 2.75) is 25.9 Å². The second kappa shape index (κ2) is 12.0. The van der Waals surface area contributed by atoms with Crippen molar-refractivity contribution in [1.82, 2.24) is 5.32 Å². The zero-order valence-corrected chi connectivity index (χ0v) is 18.5. The van der Waals surface area contributed by atoms with E-state index < -0.39 is 6.10 Å². The molecule has 0 saturated carbocycles. The molecule has 170 valence electrons. The first kappa shape index (κ1) is 24.3. The van der Waals surface area contributed by atoms with Gasteiger partial charge in [-0.15, -0.1) is 0 Å². The van der Waals surface area contributed by atoms with Crippen molar-refractivity contribution < 1.29 is 28.5 Å². The van der Waals surface area contributed by atoms with E-state index in [0.717, 1.165) is 18.5 Å². The highest BCUT2D eigenvalue weighted by Gasteiger charge is 2.18. The molecule has 1 amide bonds. The van der Waals surface area contributed by atoms with Crippen LogP contribution in [0.2, 0.25) is 0 Å². The Hall–Kier alpha value is -3.00. The van der Waals surface area contributed by atoms with E-state index in [1.807, 2.05) is 0 Å². The summed E-state index contributed by atoms with van der Waals surface area (Å²) in [5.74, 6) is 0.558. The molecule has 7 nitrogen and oxygen atoms in total. The topological polar surface area (TPSA) is 80.3 Å². The Balaban J connectivity index is 1.99. The molecule has 2 rings (SSSR count). The average molecular weight is 435 g/mol. The largest absolute Gasteiger partial charge is 0.493 e. The molecule has 0 aliphatic carbocycles. The van der Waals surface area contributed by atoms with Gasteiger partial charge in [0.2, 0.25) is 5.75 Å². The number of rotatable bonds is 12. The number of aliphatic hydroxyl groups is 1. The molecule has 1 atom stereocenters. The first-order valence-electron chi connectivity index (χ1n) is 10.2. The molecule has 0 saturated heterocycles. The van der Waals surface area contributed by atoms with Crippen LogP contribution in [0.3, 0.4) is 0 Å².